The van der Waals surface area contributed by atoms with Crippen LogP contribution in [0.5, 0.6) is 0 Å². The molecule has 14 heavy (non-hydrogen) atoms. The van der Waals surface area contributed by atoms with Gasteiger partial charge < -0.3 is 10.2 Å². The number of sulfonamides is 1. The second-order valence-electron chi connectivity index (χ2n) is 2.82. The van der Waals surface area contributed by atoms with Crippen LogP contribution in [0.1, 0.15) is 19.1 Å². The molecule has 1 aromatic heterocycles. The van der Waals surface area contributed by atoms with Gasteiger partial charge in [-0.3, -0.25) is 0 Å². The highest BCUT2D eigenvalue weighted by atomic mass is 32.2. The lowest BCUT2D eigenvalue weighted by Crippen LogP contribution is -2.23. The number of hydrogen-bond donors (Lipinski definition) is 2. The molecule has 0 aliphatic heterocycles. The minimum Gasteiger partial charge on any atom is -0.447 e. The summed E-state index contributed by atoms with van der Waals surface area (Å²) >= 11 is 0. The first-order chi connectivity index (χ1) is 6.60. The van der Waals surface area contributed by atoms with Crippen molar-refractivity contribution in [3.8, 4) is 0 Å². The Hall–Kier alpha value is -0.850. The molecule has 6 heteroatoms. The van der Waals surface area contributed by atoms with Gasteiger partial charge in [-0.1, -0.05) is 6.92 Å². The van der Waals surface area contributed by atoms with Crippen molar-refractivity contribution in [3.05, 3.63) is 17.9 Å². The van der Waals surface area contributed by atoms with E-state index in [-0.39, 0.29) is 11.6 Å². The maximum Gasteiger partial charge on any atom is 0.273 e. The van der Waals surface area contributed by atoms with Gasteiger partial charge in [-0.15, -0.1) is 0 Å². The molecule has 1 heterocycles. The van der Waals surface area contributed by atoms with Crippen LogP contribution in [0.2, 0.25) is 0 Å². The van der Waals surface area contributed by atoms with Crippen molar-refractivity contribution in [2.24, 2.45) is 5.73 Å². The fourth-order valence-electron chi connectivity index (χ4n) is 0.920. The zero-order valence-electron chi connectivity index (χ0n) is 7.99. The van der Waals surface area contributed by atoms with Crippen LogP contribution in [0.4, 0.5) is 0 Å². The van der Waals surface area contributed by atoms with Crippen LogP contribution in [0.3, 0.4) is 0 Å². The van der Waals surface area contributed by atoms with Crippen LogP contribution in [0.15, 0.2) is 21.6 Å². The van der Waals surface area contributed by atoms with E-state index in [0.717, 1.165) is 6.42 Å². The van der Waals surface area contributed by atoms with Crippen molar-refractivity contribution in [1.29, 1.82) is 0 Å². The predicted molar refractivity (Wildman–Crippen MR) is 52.1 cm³/mol. The summed E-state index contributed by atoms with van der Waals surface area (Å²) < 4.78 is 30.4. The fourth-order valence-corrected chi connectivity index (χ4v) is 2.00. The summed E-state index contributed by atoms with van der Waals surface area (Å²) in [7, 11) is -3.48. The van der Waals surface area contributed by atoms with Crippen LogP contribution in [0, 0.1) is 0 Å². The maximum absolute atomic E-state index is 11.5. The highest BCUT2D eigenvalue weighted by molar-refractivity contribution is 7.89. The average molecular weight is 218 g/mol. The molecule has 0 aliphatic carbocycles. The number of hydrogen-bond acceptors (Lipinski definition) is 4. The third kappa shape index (κ3) is 2.57. The largest absolute Gasteiger partial charge is 0.447 e. The number of furan rings is 1. The van der Waals surface area contributed by atoms with E-state index in [0.29, 0.717) is 12.3 Å². The molecule has 0 amide bonds. The molecule has 1 rings (SSSR count). The molecule has 0 saturated heterocycles. The van der Waals surface area contributed by atoms with Gasteiger partial charge in [0.25, 0.3) is 10.0 Å². The van der Waals surface area contributed by atoms with E-state index in [2.05, 4.69) is 4.72 Å². The van der Waals surface area contributed by atoms with Crippen LogP contribution in [-0.4, -0.2) is 15.0 Å². The van der Waals surface area contributed by atoms with Crippen molar-refractivity contribution in [2.75, 3.05) is 6.54 Å². The summed E-state index contributed by atoms with van der Waals surface area (Å²) in [6.07, 6.45) is 0.740. The molecule has 0 radical (unpaired) electrons. The van der Waals surface area contributed by atoms with Crippen LogP contribution >= 0.6 is 0 Å². The SMILES string of the molecule is CCCNS(=O)(=O)c1ccc(CN)o1. The third-order valence-corrected chi connectivity index (χ3v) is 2.98. The molecule has 0 aliphatic rings. The van der Waals surface area contributed by atoms with Gasteiger partial charge in [-0.2, -0.15) is 0 Å². The first-order valence-corrected chi connectivity index (χ1v) is 5.87. The van der Waals surface area contributed by atoms with Crippen molar-refractivity contribution < 1.29 is 12.8 Å². The molecular formula is C8H14N2O3S. The van der Waals surface area contributed by atoms with Gasteiger partial charge in [0.15, 0.2) is 0 Å². The normalized spacial score (nSPS) is 11.9. The van der Waals surface area contributed by atoms with E-state index >= 15 is 0 Å². The second-order valence-corrected chi connectivity index (χ2v) is 4.52. The van der Waals surface area contributed by atoms with Crippen LogP contribution in [-0.2, 0) is 16.6 Å². The zero-order chi connectivity index (χ0) is 10.6. The van der Waals surface area contributed by atoms with Crippen molar-refractivity contribution in [2.45, 2.75) is 25.0 Å². The van der Waals surface area contributed by atoms with Gasteiger partial charge in [0.2, 0.25) is 5.09 Å². The summed E-state index contributed by atoms with van der Waals surface area (Å²) in [5.41, 5.74) is 5.30. The highest BCUT2D eigenvalue weighted by Gasteiger charge is 2.17. The third-order valence-electron chi connectivity index (χ3n) is 1.65. The first-order valence-electron chi connectivity index (χ1n) is 4.38. The Labute approximate surface area is 83.3 Å². The van der Waals surface area contributed by atoms with E-state index in [1.54, 1.807) is 6.07 Å². The molecule has 0 atom stereocenters. The lowest BCUT2D eigenvalue weighted by molar-refractivity contribution is 0.413. The van der Waals surface area contributed by atoms with Gasteiger partial charge in [0.1, 0.15) is 5.76 Å². The van der Waals surface area contributed by atoms with Crippen LogP contribution < -0.4 is 10.5 Å². The molecule has 0 unspecified atom stereocenters. The first kappa shape index (κ1) is 11.2. The minimum atomic E-state index is -3.48. The van der Waals surface area contributed by atoms with E-state index in [4.69, 9.17) is 10.2 Å². The van der Waals surface area contributed by atoms with Gasteiger partial charge in [0, 0.05) is 6.54 Å². The van der Waals surface area contributed by atoms with Gasteiger partial charge in [0.05, 0.1) is 6.54 Å². The molecule has 0 aromatic carbocycles. The molecule has 80 valence electrons. The maximum atomic E-state index is 11.5. The summed E-state index contributed by atoms with van der Waals surface area (Å²) in [4.78, 5) is 0. The minimum absolute atomic E-state index is 0.0774. The van der Waals surface area contributed by atoms with Crippen LogP contribution in [0.25, 0.3) is 0 Å². The Bertz CT molecular complexity index is 383. The van der Waals surface area contributed by atoms with Gasteiger partial charge in [-0.05, 0) is 18.6 Å². The smallest absolute Gasteiger partial charge is 0.273 e. The molecule has 0 fully saturated rings. The molecule has 1 aromatic rings. The van der Waals surface area contributed by atoms with E-state index < -0.39 is 10.0 Å². The predicted octanol–water partition coefficient (Wildman–Crippen LogP) is 0.427. The average Bonchev–Trinajstić information content (AvgIpc) is 2.63. The Morgan fingerprint density at radius 3 is 2.71 bits per heavy atom. The summed E-state index contributed by atoms with van der Waals surface area (Å²) in [6, 6.07) is 2.96. The molecule has 0 bridgehead atoms. The Balaban J connectivity index is 2.81. The topological polar surface area (TPSA) is 85.3 Å². The monoisotopic (exact) mass is 218 g/mol. The lowest BCUT2D eigenvalue weighted by atomic mass is 10.5. The standard InChI is InChI=1S/C8H14N2O3S/c1-2-5-10-14(11,12)8-4-3-7(6-9)13-8/h3-4,10H,2,5-6,9H2,1H3. The van der Waals surface area contributed by atoms with E-state index in [9.17, 15) is 8.42 Å². The van der Waals surface area contributed by atoms with Crippen molar-refractivity contribution in [3.63, 3.8) is 0 Å². The van der Waals surface area contributed by atoms with Gasteiger partial charge >= 0.3 is 0 Å². The lowest BCUT2D eigenvalue weighted by Gasteiger charge is -2.01. The molecule has 0 spiro atoms. The Morgan fingerprint density at radius 1 is 1.50 bits per heavy atom. The van der Waals surface area contributed by atoms with E-state index in [1.807, 2.05) is 6.92 Å². The number of nitrogens with two attached hydrogens (primary N) is 1. The molecule has 3 N–H and O–H groups in total. The van der Waals surface area contributed by atoms with Crippen molar-refractivity contribution >= 4 is 10.0 Å². The number of rotatable bonds is 5. The Kier molecular flexibility index (Phi) is 3.68. The zero-order valence-corrected chi connectivity index (χ0v) is 8.80. The summed E-state index contributed by atoms with van der Waals surface area (Å²) in [5, 5.41) is -0.0774. The second kappa shape index (κ2) is 4.59. The quantitative estimate of drug-likeness (QED) is 0.750. The number of nitrogens with one attached hydrogen (secondary N) is 1. The summed E-state index contributed by atoms with van der Waals surface area (Å²) in [6.45, 7) is 2.49. The molecule has 5 nitrogen and oxygen atoms in total. The Morgan fingerprint density at radius 2 is 2.21 bits per heavy atom. The van der Waals surface area contributed by atoms with Gasteiger partial charge in [-0.25, -0.2) is 13.1 Å². The highest BCUT2D eigenvalue weighted by Crippen LogP contribution is 2.12. The molecular weight excluding hydrogens is 204 g/mol. The van der Waals surface area contributed by atoms with Crippen molar-refractivity contribution in [1.82, 2.24) is 4.72 Å². The molecule has 0 saturated carbocycles. The fraction of sp³-hybridized carbons (Fsp3) is 0.500. The van der Waals surface area contributed by atoms with E-state index in [1.165, 1.54) is 6.07 Å². The summed E-state index contributed by atoms with van der Waals surface area (Å²) in [5.74, 6) is 0.460.